The molecule has 1 unspecified atom stereocenters. The second-order valence-electron chi connectivity index (χ2n) is 5.01. The fourth-order valence-electron chi connectivity index (χ4n) is 2.11. The van der Waals surface area contributed by atoms with Crippen LogP contribution in [0.1, 0.15) is 29.0 Å². The van der Waals surface area contributed by atoms with Gasteiger partial charge in [0.1, 0.15) is 6.54 Å². The highest BCUT2D eigenvalue weighted by Gasteiger charge is 2.15. The molecule has 0 radical (unpaired) electrons. The van der Waals surface area contributed by atoms with Crippen molar-refractivity contribution in [2.24, 2.45) is 0 Å². The summed E-state index contributed by atoms with van der Waals surface area (Å²) < 4.78 is 11.6. The molecule has 1 aromatic carbocycles. The van der Waals surface area contributed by atoms with E-state index in [2.05, 4.69) is 15.6 Å². The van der Waals surface area contributed by atoms with E-state index in [0.29, 0.717) is 11.5 Å². The smallest absolute Gasteiger partial charge is 0.358 e. The first-order valence-corrected chi connectivity index (χ1v) is 7.09. The number of rotatable bonds is 7. The molecule has 1 atom stereocenters. The molecule has 2 aromatic rings. The van der Waals surface area contributed by atoms with E-state index in [1.807, 2.05) is 13.0 Å². The molecule has 0 spiro atoms. The lowest BCUT2D eigenvalue weighted by Gasteiger charge is -2.16. The molecular weight excluding hydrogens is 316 g/mol. The molecule has 0 aliphatic rings. The number of aromatic carboxylic acids is 1. The Morgan fingerprint density at radius 1 is 1.29 bits per heavy atom. The van der Waals surface area contributed by atoms with E-state index in [1.165, 1.54) is 18.0 Å². The maximum Gasteiger partial charge on any atom is 0.358 e. The largest absolute Gasteiger partial charge is 0.493 e. The van der Waals surface area contributed by atoms with Crippen LogP contribution in [0.2, 0.25) is 0 Å². The molecule has 1 heterocycles. The number of carboxylic acid groups (broad SMARTS) is 1. The summed E-state index contributed by atoms with van der Waals surface area (Å²) in [5.41, 5.74) is 0.626. The van der Waals surface area contributed by atoms with Crippen molar-refractivity contribution in [2.75, 3.05) is 14.2 Å². The van der Waals surface area contributed by atoms with Gasteiger partial charge in [0, 0.05) is 0 Å². The molecule has 0 saturated heterocycles. The zero-order valence-electron chi connectivity index (χ0n) is 13.5. The minimum absolute atomic E-state index is 0.127. The molecule has 2 N–H and O–H groups in total. The summed E-state index contributed by atoms with van der Waals surface area (Å²) in [5.74, 6) is -0.346. The van der Waals surface area contributed by atoms with Crippen molar-refractivity contribution >= 4 is 11.9 Å². The van der Waals surface area contributed by atoms with E-state index in [1.54, 1.807) is 19.2 Å². The molecule has 9 heteroatoms. The number of ether oxygens (including phenoxy) is 2. The number of carbonyl (C=O) groups excluding carboxylic acids is 1. The average molecular weight is 334 g/mol. The Kier molecular flexibility index (Phi) is 5.35. The fourth-order valence-corrected chi connectivity index (χ4v) is 2.11. The number of nitrogens with zero attached hydrogens (tertiary/aromatic N) is 3. The van der Waals surface area contributed by atoms with Crippen molar-refractivity contribution in [1.82, 2.24) is 20.3 Å². The van der Waals surface area contributed by atoms with Crippen LogP contribution in [0.5, 0.6) is 11.5 Å². The second kappa shape index (κ2) is 7.44. The van der Waals surface area contributed by atoms with Crippen LogP contribution >= 0.6 is 0 Å². The van der Waals surface area contributed by atoms with Gasteiger partial charge >= 0.3 is 5.97 Å². The molecule has 0 aliphatic carbocycles. The number of carboxylic acids is 1. The van der Waals surface area contributed by atoms with Crippen LogP contribution in [0.4, 0.5) is 0 Å². The Balaban J connectivity index is 2.01. The quantitative estimate of drug-likeness (QED) is 0.772. The summed E-state index contributed by atoms with van der Waals surface area (Å²) in [6, 6.07) is 5.08. The van der Waals surface area contributed by atoms with Crippen molar-refractivity contribution in [3.05, 3.63) is 35.7 Å². The van der Waals surface area contributed by atoms with Gasteiger partial charge in [0.25, 0.3) is 0 Å². The lowest BCUT2D eigenvalue weighted by molar-refractivity contribution is -0.122. The number of benzene rings is 1. The molecule has 24 heavy (non-hydrogen) atoms. The predicted octanol–water partition coefficient (Wildman–Crippen LogP) is 0.871. The van der Waals surface area contributed by atoms with Crippen LogP contribution in [0.25, 0.3) is 0 Å². The molecule has 128 valence electrons. The predicted molar refractivity (Wildman–Crippen MR) is 83.1 cm³/mol. The van der Waals surface area contributed by atoms with Crippen molar-refractivity contribution in [1.29, 1.82) is 0 Å². The minimum Gasteiger partial charge on any atom is -0.493 e. The van der Waals surface area contributed by atoms with Gasteiger partial charge in [0.05, 0.1) is 26.5 Å². The van der Waals surface area contributed by atoms with Crippen molar-refractivity contribution in [3.8, 4) is 11.5 Å². The van der Waals surface area contributed by atoms with Crippen molar-refractivity contribution in [3.63, 3.8) is 0 Å². The Bertz CT molecular complexity index is 743. The Morgan fingerprint density at radius 3 is 2.58 bits per heavy atom. The summed E-state index contributed by atoms with van der Waals surface area (Å²) in [6.07, 6.45) is 1.20. The third-order valence-corrected chi connectivity index (χ3v) is 3.35. The van der Waals surface area contributed by atoms with Gasteiger partial charge in [-0.25, -0.2) is 9.48 Å². The topological polar surface area (TPSA) is 116 Å². The lowest BCUT2D eigenvalue weighted by atomic mass is 10.1. The van der Waals surface area contributed by atoms with E-state index in [0.717, 1.165) is 5.56 Å². The lowest BCUT2D eigenvalue weighted by Crippen LogP contribution is -2.30. The summed E-state index contributed by atoms with van der Waals surface area (Å²) in [6.45, 7) is 1.70. The van der Waals surface area contributed by atoms with Gasteiger partial charge < -0.3 is 19.9 Å². The van der Waals surface area contributed by atoms with Crippen molar-refractivity contribution < 1.29 is 24.2 Å². The van der Waals surface area contributed by atoms with Crippen LogP contribution in [-0.4, -0.2) is 46.2 Å². The van der Waals surface area contributed by atoms with E-state index >= 15 is 0 Å². The van der Waals surface area contributed by atoms with Gasteiger partial charge in [-0.15, -0.1) is 5.10 Å². The number of nitrogens with one attached hydrogen (secondary N) is 1. The molecule has 0 aliphatic heterocycles. The number of hydrogen-bond acceptors (Lipinski definition) is 6. The van der Waals surface area contributed by atoms with Gasteiger partial charge in [-0.2, -0.15) is 0 Å². The first kappa shape index (κ1) is 17.3. The summed E-state index contributed by atoms with van der Waals surface area (Å²) in [5, 5.41) is 18.6. The normalized spacial score (nSPS) is 11.6. The fraction of sp³-hybridized carbons (Fsp3) is 0.333. The Hall–Kier alpha value is -3.10. The highest BCUT2D eigenvalue weighted by molar-refractivity contribution is 5.84. The van der Waals surface area contributed by atoms with Crippen LogP contribution in [0.3, 0.4) is 0 Å². The Labute approximate surface area is 138 Å². The van der Waals surface area contributed by atoms with Crippen LogP contribution < -0.4 is 14.8 Å². The summed E-state index contributed by atoms with van der Waals surface area (Å²) in [4.78, 5) is 22.8. The molecule has 2 rings (SSSR count). The molecular formula is C15H18N4O5. The number of amides is 1. The Morgan fingerprint density at radius 2 is 2.00 bits per heavy atom. The van der Waals surface area contributed by atoms with E-state index in [9.17, 15) is 9.59 Å². The van der Waals surface area contributed by atoms with Crippen LogP contribution in [0, 0.1) is 0 Å². The van der Waals surface area contributed by atoms with E-state index in [-0.39, 0.29) is 24.2 Å². The number of methoxy groups -OCH3 is 2. The highest BCUT2D eigenvalue weighted by atomic mass is 16.5. The first-order chi connectivity index (χ1) is 11.4. The van der Waals surface area contributed by atoms with E-state index < -0.39 is 5.97 Å². The molecule has 1 amide bonds. The molecule has 1 aromatic heterocycles. The standard InChI is InChI=1S/C15H18N4O5/c1-9(10-4-5-12(23-2)13(6-10)24-3)16-14(20)8-19-7-11(15(21)22)17-18-19/h4-7,9H,8H2,1-3H3,(H,16,20)(H,21,22). The third kappa shape index (κ3) is 4.00. The average Bonchev–Trinajstić information content (AvgIpc) is 3.02. The van der Waals surface area contributed by atoms with Gasteiger partial charge in [0.15, 0.2) is 17.2 Å². The maximum absolute atomic E-state index is 12.0. The summed E-state index contributed by atoms with van der Waals surface area (Å²) in [7, 11) is 3.09. The van der Waals surface area contributed by atoms with Gasteiger partial charge in [-0.1, -0.05) is 11.3 Å². The molecule has 0 fully saturated rings. The number of carbonyl (C=O) groups is 2. The SMILES string of the molecule is COc1ccc(C(C)NC(=O)Cn2cc(C(=O)O)nn2)cc1OC. The van der Waals surface area contributed by atoms with Gasteiger partial charge in [-0.3, -0.25) is 4.79 Å². The monoisotopic (exact) mass is 334 g/mol. The molecule has 0 bridgehead atoms. The molecule has 0 saturated carbocycles. The van der Waals surface area contributed by atoms with Crippen LogP contribution in [-0.2, 0) is 11.3 Å². The molecule has 9 nitrogen and oxygen atoms in total. The first-order valence-electron chi connectivity index (χ1n) is 7.09. The van der Waals surface area contributed by atoms with E-state index in [4.69, 9.17) is 14.6 Å². The minimum atomic E-state index is -1.19. The summed E-state index contributed by atoms with van der Waals surface area (Å²) >= 11 is 0. The van der Waals surface area contributed by atoms with Gasteiger partial charge in [0.2, 0.25) is 5.91 Å². The highest BCUT2D eigenvalue weighted by Crippen LogP contribution is 2.29. The zero-order chi connectivity index (χ0) is 17.7. The zero-order valence-corrected chi connectivity index (χ0v) is 13.5. The number of aromatic nitrogens is 3. The van der Waals surface area contributed by atoms with Crippen LogP contribution in [0.15, 0.2) is 24.4 Å². The number of hydrogen-bond donors (Lipinski definition) is 2. The maximum atomic E-state index is 12.0. The second-order valence-corrected chi connectivity index (χ2v) is 5.01. The van der Waals surface area contributed by atoms with Crippen molar-refractivity contribution in [2.45, 2.75) is 19.5 Å². The van der Waals surface area contributed by atoms with Gasteiger partial charge in [-0.05, 0) is 24.6 Å². The third-order valence-electron chi connectivity index (χ3n) is 3.35.